The molecule has 0 aromatic heterocycles. The molecule has 0 heterocycles. The van der Waals surface area contributed by atoms with Crippen LogP contribution in [0.4, 0.5) is 0 Å². The second kappa shape index (κ2) is 8.55. The van der Waals surface area contributed by atoms with Gasteiger partial charge >= 0.3 is 0 Å². The maximum absolute atomic E-state index is 3.50. The predicted molar refractivity (Wildman–Crippen MR) is 93.7 cm³/mol. The third kappa shape index (κ3) is 6.19. The molecule has 0 spiro atoms. The van der Waals surface area contributed by atoms with Crippen LogP contribution in [-0.2, 0) is 13.0 Å². The van der Waals surface area contributed by atoms with Crippen molar-refractivity contribution < 1.29 is 0 Å². The van der Waals surface area contributed by atoms with Crippen molar-refractivity contribution in [1.29, 1.82) is 0 Å². The molecule has 0 radical (unpaired) electrons. The topological polar surface area (TPSA) is 15.3 Å². The maximum Gasteiger partial charge on any atom is 0.0236 e. The normalized spacial score (nSPS) is 13.7. The fraction of sp³-hybridized carbons (Fsp3) is 0.684. The molecule has 21 heavy (non-hydrogen) atoms. The summed E-state index contributed by atoms with van der Waals surface area (Å²) in [6.07, 6.45) is 2.32. The second-order valence-electron chi connectivity index (χ2n) is 7.23. The van der Waals surface area contributed by atoms with Crippen molar-refractivity contribution >= 4 is 0 Å². The van der Waals surface area contributed by atoms with Crippen LogP contribution in [-0.4, -0.2) is 31.1 Å². The fourth-order valence-electron chi connectivity index (χ4n) is 2.55. The zero-order valence-electron chi connectivity index (χ0n) is 14.9. The highest BCUT2D eigenvalue weighted by Gasteiger charge is 2.24. The van der Waals surface area contributed by atoms with E-state index in [0.29, 0.717) is 11.5 Å². The minimum absolute atomic E-state index is 0.312. The quantitative estimate of drug-likeness (QED) is 0.725. The summed E-state index contributed by atoms with van der Waals surface area (Å²) < 4.78 is 0. The van der Waals surface area contributed by atoms with Crippen LogP contribution in [0.2, 0.25) is 0 Å². The SMILES string of the molecule is CCCNCCc1ccccc1CN(C)C(C)C(C)(C)C. The molecule has 1 atom stereocenters. The van der Waals surface area contributed by atoms with Crippen molar-refractivity contribution in [2.75, 3.05) is 20.1 Å². The zero-order chi connectivity index (χ0) is 15.9. The standard InChI is InChI=1S/C19H34N2/c1-7-13-20-14-12-17-10-8-9-11-18(17)15-21(6)16(2)19(3,4)5/h8-11,16,20H,7,12-15H2,1-6H3. The summed E-state index contributed by atoms with van der Waals surface area (Å²) in [7, 11) is 2.24. The average molecular weight is 290 g/mol. The molecule has 120 valence electrons. The summed E-state index contributed by atoms with van der Waals surface area (Å²) in [5, 5.41) is 3.50. The van der Waals surface area contributed by atoms with E-state index in [-0.39, 0.29) is 0 Å². The number of nitrogens with zero attached hydrogens (tertiary/aromatic N) is 1. The van der Waals surface area contributed by atoms with Gasteiger partial charge < -0.3 is 5.32 Å². The summed E-state index contributed by atoms with van der Waals surface area (Å²) in [6, 6.07) is 9.43. The number of nitrogens with one attached hydrogen (secondary N) is 1. The highest BCUT2D eigenvalue weighted by atomic mass is 15.1. The van der Waals surface area contributed by atoms with Crippen molar-refractivity contribution in [2.24, 2.45) is 5.41 Å². The van der Waals surface area contributed by atoms with Gasteiger partial charge in [0, 0.05) is 12.6 Å². The van der Waals surface area contributed by atoms with Gasteiger partial charge in [-0.1, -0.05) is 52.0 Å². The van der Waals surface area contributed by atoms with Crippen LogP contribution in [0.5, 0.6) is 0 Å². The number of hydrogen-bond donors (Lipinski definition) is 1. The highest BCUT2D eigenvalue weighted by Crippen LogP contribution is 2.24. The molecule has 0 bridgehead atoms. The molecule has 0 amide bonds. The minimum atomic E-state index is 0.312. The average Bonchev–Trinajstić information content (AvgIpc) is 2.43. The molecule has 1 aromatic rings. The van der Waals surface area contributed by atoms with Gasteiger partial charge in [0.1, 0.15) is 0 Å². The molecule has 1 N–H and O–H groups in total. The Morgan fingerprint density at radius 2 is 1.71 bits per heavy atom. The fourth-order valence-corrected chi connectivity index (χ4v) is 2.55. The lowest BCUT2D eigenvalue weighted by Crippen LogP contribution is -2.39. The van der Waals surface area contributed by atoms with Crippen molar-refractivity contribution in [1.82, 2.24) is 10.2 Å². The van der Waals surface area contributed by atoms with Crippen LogP contribution in [0, 0.1) is 5.41 Å². The smallest absolute Gasteiger partial charge is 0.0236 e. The first-order valence-electron chi connectivity index (χ1n) is 8.34. The molecule has 1 rings (SSSR count). The van der Waals surface area contributed by atoms with Gasteiger partial charge in [-0.2, -0.15) is 0 Å². The summed E-state index contributed by atoms with van der Waals surface area (Å²) >= 11 is 0. The Hall–Kier alpha value is -0.860. The molecule has 0 aliphatic heterocycles. The van der Waals surface area contributed by atoms with E-state index in [0.717, 1.165) is 26.1 Å². The largest absolute Gasteiger partial charge is 0.316 e. The summed E-state index contributed by atoms with van der Waals surface area (Å²) in [6.45, 7) is 14.7. The summed E-state index contributed by atoms with van der Waals surface area (Å²) in [5.41, 5.74) is 3.26. The van der Waals surface area contributed by atoms with E-state index in [1.807, 2.05) is 0 Å². The summed E-state index contributed by atoms with van der Waals surface area (Å²) in [4.78, 5) is 2.47. The van der Waals surface area contributed by atoms with Gasteiger partial charge in [-0.25, -0.2) is 0 Å². The Kier molecular flexibility index (Phi) is 7.41. The van der Waals surface area contributed by atoms with Crippen LogP contribution in [0.15, 0.2) is 24.3 Å². The van der Waals surface area contributed by atoms with Crippen LogP contribution in [0.25, 0.3) is 0 Å². The Balaban J connectivity index is 2.66. The molecule has 1 unspecified atom stereocenters. The Morgan fingerprint density at radius 3 is 2.29 bits per heavy atom. The number of benzene rings is 1. The lowest BCUT2D eigenvalue weighted by molar-refractivity contribution is 0.134. The van der Waals surface area contributed by atoms with E-state index in [1.54, 1.807) is 0 Å². The zero-order valence-corrected chi connectivity index (χ0v) is 14.9. The molecular formula is C19H34N2. The van der Waals surface area contributed by atoms with Crippen LogP contribution >= 0.6 is 0 Å². The molecular weight excluding hydrogens is 256 g/mol. The third-order valence-electron chi connectivity index (χ3n) is 4.45. The van der Waals surface area contributed by atoms with E-state index in [1.165, 1.54) is 17.5 Å². The van der Waals surface area contributed by atoms with Gasteiger partial charge in [-0.15, -0.1) is 0 Å². The monoisotopic (exact) mass is 290 g/mol. The first-order valence-corrected chi connectivity index (χ1v) is 8.34. The maximum atomic E-state index is 3.50. The molecule has 2 nitrogen and oxygen atoms in total. The van der Waals surface area contributed by atoms with Gasteiger partial charge in [0.2, 0.25) is 0 Å². The Bertz CT molecular complexity index is 406. The van der Waals surface area contributed by atoms with Crippen molar-refractivity contribution in [3.05, 3.63) is 35.4 Å². The van der Waals surface area contributed by atoms with E-state index >= 15 is 0 Å². The molecule has 1 aromatic carbocycles. The predicted octanol–water partition coefficient (Wildman–Crippen LogP) is 4.10. The van der Waals surface area contributed by atoms with E-state index in [2.05, 4.69) is 76.1 Å². The first kappa shape index (κ1) is 18.2. The van der Waals surface area contributed by atoms with Crippen molar-refractivity contribution in [3.63, 3.8) is 0 Å². The van der Waals surface area contributed by atoms with Crippen LogP contribution in [0.3, 0.4) is 0 Å². The molecule has 2 heteroatoms. The molecule has 0 saturated heterocycles. The van der Waals surface area contributed by atoms with Crippen molar-refractivity contribution in [2.45, 2.75) is 60.0 Å². The van der Waals surface area contributed by atoms with E-state index in [4.69, 9.17) is 0 Å². The summed E-state index contributed by atoms with van der Waals surface area (Å²) in [5.74, 6) is 0. The van der Waals surface area contributed by atoms with Crippen molar-refractivity contribution in [3.8, 4) is 0 Å². The number of hydrogen-bond acceptors (Lipinski definition) is 2. The molecule has 0 saturated carbocycles. The molecule has 0 aliphatic rings. The van der Waals surface area contributed by atoms with Gasteiger partial charge in [-0.3, -0.25) is 4.90 Å². The first-order chi connectivity index (χ1) is 9.86. The third-order valence-corrected chi connectivity index (χ3v) is 4.45. The lowest BCUT2D eigenvalue weighted by atomic mass is 9.87. The van der Waals surface area contributed by atoms with Gasteiger partial charge in [0.15, 0.2) is 0 Å². The highest BCUT2D eigenvalue weighted by molar-refractivity contribution is 5.27. The van der Waals surface area contributed by atoms with E-state index in [9.17, 15) is 0 Å². The van der Waals surface area contributed by atoms with Crippen LogP contribution < -0.4 is 5.32 Å². The second-order valence-corrected chi connectivity index (χ2v) is 7.23. The lowest BCUT2D eigenvalue weighted by Gasteiger charge is -2.35. The van der Waals surface area contributed by atoms with E-state index < -0.39 is 0 Å². The minimum Gasteiger partial charge on any atom is -0.316 e. The van der Waals surface area contributed by atoms with Gasteiger partial charge in [-0.05, 0) is 56.4 Å². The number of rotatable bonds is 8. The Labute approximate surface area is 131 Å². The Morgan fingerprint density at radius 1 is 1.10 bits per heavy atom. The molecule has 0 aliphatic carbocycles. The van der Waals surface area contributed by atoms with Gasteiger partial charge in [0.25, 0.3) is 0 Å². The van der Waals surface area contributed by atoms with Gasteiger partial charge in [0.05, 0.1) is 0 Å². The molecule has 0 fully saturated rings. The van der Waals surface area contributed by atoms with Crippen LogP contribution in [0.1, 0.15) is 52.2 Å².